The molecule has 1 rings (SSSR count). The molecule has 0 saturated heterocycles. The molecular weight excluding hydrogens is 164 g/mol. The Bertz CT molecular complexity index is 245. The summed E-state index contributed by atoms with van der Waals surface area (Å²) < 4.78 is 4.94. The van der Waals surface area contributed by atoms with Crippen molar-refractivity contribution in [1.29, 1.82) is 0 Å². The Kier molecular flexibility index (Phi) is 5.60. The van der Waals surface area contributed by atoms with Crippen molar-refractivity contribution in [3.63, 3.8) is 0 Å². The van der Waals surface area contributed by atoms with Crippen LogP contribution in [0.3, 0.4) is 0 Å². The van der Waals surface area contributed by atoms with Gasteiger partial charge in [0.25, 0.3) is 0 Å². The first-order valence-corrected chi connectivity index (χ1v) is 3.84. The van der Waals surface area contributed by atoms with E-state index >= 15 is 0 Å². The normalized spacial score (nSPS) is 8.31. The van der Waals surface area contributed by atoms with E-state index in [0.29, 0.717) is 0 Å². The number of Topliss-reactive ketones (excluding diaryl/α,β-unsaturated/α-hetero) is 1. The summed E-state index contributed by atoms with van der Waals surface area (Å²) in [6, 6.07) is 7.61. The SMILES string of the molecule is [CH2]C(C)=O.[CH2]c1ccc(OC)cc1. The summed E-state index contributed by atoms with van der Waals surface area (Å²) in [4.78, 5) is 9.33. The van der Waals surface area contributed by atoms with E-state index in [1.807, 2.05) is 24.3 Å². The lowest BCUT2D eigenvalue weighted by atomic mass is 10.2. The van der Waals surface area contributed by atoms with E-state index in [1.54, 1.807) is 7.11 Å². The second-order valence-corrected chi connectivity index (χ2v) is 2.55. The van der Waals surface area contributed by atoms with E-state index in [9.17, 15) is 4.79 Å². The van der Waals surface area contributed by atoms with Crippen molar-refractivity contribution in [1.82, 2.24) is 0 Å². The van der Waals surface area contributed by atoms with Crippen molar-refractivity contribution in [3.05, 3.63) is 43.7 Å². The van der Waals surface area contributed by atoms with Crippen LogP contribution in [-0.2, 0) is 4.79 Å². The molecule has 0 aliphatic rings. The Morgan fingerprint density at radius 2 is 1.69 bits per heavy atom. The fourth-order valence-corrected chi connectivity index (χ4v) is 0.626. The zero-order valence-corrected chi connectivity index (χ0v) is 8.04. The molecule has 13 heavy (non-hydrogen) atoms. The van der Waals surface area contributed by atoms with E-state index in [-0.39, 0.29) is 5.78 Å². The molecule has 2 heteroatoms. The van der Waals surface area contributed by atoms with Gasteiger partial charge in [-0.1, -0.05) is 12.1 Å². The maximum atomic E-state index is 9.33. The molecule has 0 aliphatic heterocycles. The molecule has 0 N–H and O–H groups in total. The lowest BCUT2D eigenvalue weighted by molar-refractivity contribution is -0.112. The number of rotatable bonds is 1. The van der Waals surface area contributed by atoms with Gasteiger partial charge in [0.2, 0.25) is 0 Å². The minimum atomic E-state index is -0.0833. The molecule has 0 fully saturated rings. The summed E-state index contributed by atoms with van der Waals surface area (Å²) >= 11 is 0. The monoisotopic (exact) mass is 178 g/mol. The molecule has 0 amide bonds. The van der Waals surface area contributed by atoms with Crippen LogP contribution in [0.2, 0.25) is 0 Å². The highest BCUT2D eigenvalue weighted by molar-refractivity contribution is 5.79. The second kappa shape index (κ2) is 6.23. The summed E-state index contributed by atoms with van der Waals surface area (Å²) in [7, 11) is 1.65. The van der Waals surface area contributed by atoms with Crippen LogP contribution >= 0.6 is 0 Å². The number of benzene rings is 1. The van der Waals surface area contributed by atoms with Gasteiger partial charge in [-0.3, -0.25) is 0 Å². The van der Waals surface area contributed by atoms with Gasteiger partial charge in [0.1, 0.15) is 11.5 Å². The highest BCUT2D eigenvalue weighted by Crippen LogP contribution is 2.09. The van der Waals surface area contributed by atoms with Gasteiger partial charge in [0.05, 0.1) is 7.11 Å². The van der Waals surface area contributed by atoms with E-state index in [4.69, 9.17) is 4.74 Å². The molecule has 0 aliphatic carbocycles. The topological polar surface area (TPSA) is 26.3 Å². The fourth-order valence-electron chi connectivity index (χ4n) is 0.626. The van der Waals surface area contributed by atoms with E-state index in [0.717, 1.165) is 11.3 Å². The minimum Gasteiger partial charge on any atom is -0.497 e. The Hall–Kier alpha value is -1.31. The average molecular weight is 178 g/mol. The first-order valence-electron chi connectivity index (χ1n) is 3.84. The lowest BCUT2D eigenvalue weighted by Gasteiger charge is -1.97. The first-order chi connectivity index (χ1) is 6.06. The van der Waals surface area contributed by atoms with Gasteiger partial charge in [0, 0.05) is 6.92 Å². The molecule has 1 aromatic carbocycles. The highest BCUT2D eigenvalue weighted by atomic mass is 16.5. The summed E-state index contributed by atoms with van der Waals surface area (Å²) in [6.07, 6.45) is 0. The minimum absolute atomic E-state index is 0.0833. The zero-order valence-electron chi connectivity index (χ0n) is 8.04. The number of ketones is 1. The van der Waals surface area contributed by atoms with Crippen molar-refractivity contribution in [2.45, 2.75) is 6.92 Å². The zero-order chi connectivity index (χ0) is 10.3. The van der Waals surface area contributed by atoms with Gasteiger partial charge >= 0.3 is 0 Å². The van der Waals surface area contributed by atoms with Crippen LogP contribution in [0.1, 0.15) is 12.5 Å². The summed E-state index contributed by atoms with van der Waals surface area (Å²) in [5.41, 5.74) is 1.01. The van der Waals surface area contributed by atoms with E-state index < -0.39 is 0 Å². The molecule has 0 aromatic heterocycles. The van der Waals surface area contributed by atoms with Crippen molar-refractivity contribution in [2.75, 3.05) is 7.11 Å². The van der Waals surface area contributed by atoms with Crippen molar-refractivity contribution >= 4 is 5.78 Å². The van der Waals surface area contributed by atoms with Crippen LogP contribution in [-0.4, -0.2) is 12.9 Å². The van der Waals surface area contributed by atoms with Crippen molar-refractivity contribution in [2.24, 2.45) is 0 Å². The van der Waals surface area contributed by atoms with Gasteiger partial charge in [-0.2, -0.15) is 0 Å². The third kappa shape index (κ3) is 7.06. The maximum absolute atomic E-state index is 9.33. The maximum Gasteiger partial charge on any atom is 0.130 e. The Morgan fingerprint density at radius 1 is 1.31 bits per heavy atom. The third-order valence-corrected chi connectivity index (χ3v) is 1.16. The van der Waals surface area contributed by atoms with Crippen molar-refractivity contribution in [3.8, 4) is 5.75 Å². The smallest absolute Gasteiger partial charge is 0.130 e. The number of carbonyl (C=O) groups is 1. The highest BCUT2D eigenvalue weighted by Gasteiger charge is 1.85. The summed E-state index contributed by atoms with van der Waals surface area (Å²) in [5, 5.41) is 0. The molecule has 0 unspecified atom stereocenters. The van der Waals surface area contributed by atoms with E-state index in [1.165, 1.54) is 6.92 Å². The van der Waals surface area contributed by atoms with Gasteiger partial charge in [-0.05, 0) is 31.5 Å². The molecule has 0 atom stereocenters. The molecule has 2 radical (unpaired) electrons. The lowest BCUT2D eigenvalue weighted by Crippen LogP contribution is -1.80. The number of hydrogen-bond acceptors (Lipinski definition) is 2. The molecule has 2 nitrogen and oxygen atoms in total. The molecule has 70 valence electrons. The predicted octanol–water partition coefficient (Wildman–Crippen LogP) is 2.29. The van der Waals surface area contributed by atoms with E-state index in [2.05, 4.69) is 13.8 Å². The number of hydrogen-bond donors (Lipinski definition) is 0. The van der Waals surface area contributed by atoms with Gasteiger partial charge in [-0.15, -0.1) is 0 Å². The summed E-state index contributed by atoms with van der Waals surface area (Å²) in [6.45, 7) is 8.16. The molecule has 0 spiro atoms. The van der Waals surface area contributed by atoms with Crippen LogP contribution in [0.4, 0.5) is 0 Å². The average Bonchev–Trinajstić information content (AvgIpc) is 2.05. The molecule has 0 heterocycles. The number of methoxy groups -OCH3 is 1. The first kappa shape index (κ1) is 11.7. The Balaban J connectivity index is 0.000000310. The number of carbonyl (C=O) groups excluding carboxylic acids is 1. The Morgan fingerprint density at radius 3 is 2.00 bits per heavy atom. The van der Waals surface area contributed by atoms with Gasteiger partial charge in [-0.25, -0.2) is 0 Å². The quantitative estimate of drug-likeness (QED) is 0.659. The largest absolute Gasteiger partial charge is 0.497 e. The van der Waals surface area contributed by atoms with Crippen LogP contribution in [0.15, 0.2) is 24.3 Å². The van der Waals surface area contributed by atoms with Crippen molar-refractivity contribution < 1.29 is 9.53 Å². The molecule has 0 saturated carbocycles. The number of ether oxygens (including phenoxy) is 1. The van der Waals surface area contributed by atoms with Crippen LogP contribution in [0.5, 0.6) is 5.75 Å². The molecular formula is C11H14O2. The summed E-state index contributed by atoms with van der Waals surface area (Å²) in [5.74, 6) is 0.794. The van der Waals surface area contributed by atoms with Crippen LogP contribution in [0.25, 0.3) is 0 Å². The van der Waals surface area contributed by atoms with Crippen LogP contribution in [0, 0.1) is 13.8 Å². The van der Waals surface area contributed by atoms with Gasteiger partial charge < -0.3 is 9.53 Å². The molecule has 1 aromatic rings. The third-order valence-electron chi connectivity index (χ3n) is 1.16. The Labute approximate surface area is 79.5 Å². The molecule has 0 bridgehead atoms. The van der Waals surface area contributed by atoms with Gasteiger partial charge in [0.15, 0.2) is 0 Å². The standard InChI is InChI=1S/C8H9O.C3H5O/c1-7-3-5-8(9-2)6-4-7;1-3(2)4/h3-6H,1H2,2H3;1H2,2H3. The van der Waals surface area contributed by atoms with Crippen LogP contribution < -0.4 is 4.74 Å². The predicted molar refractivity (Wildman–Crippen MR) is 53.5 cm³/mol. The second-order valence-electron chi connectivity index (χ2n) is 2.55. The fraction of sp³-hybridized carbons (Fsp3) is 0.182.